The summed E-state index contributed by atoms with van der Waals surface area (Å²) in [6, 6.07) is 5.79. The summed E-state index contributed by atoms with van der Waals surface area (Å²) in [7, 11) is 0. The van der Waals surface area contributed by atoms with Crippen LogP contribution in [0.4, 0.5) is 10.8 Å². The number of thiazole rings is 1. The van der Waals surface area contributed by atoms with Crippen LogP contribution in [0.3, 0.4) is 0 Å². The number of nitro groups is 1. The number of hydrogen-bond acceptors (Lipinski definition) is 7. The number of nitrogens with two attached hydrogens (primary N) is 1. The van der Waals surface area contributed by atoms with Gasteiger partial charge in [0.15, 0.2) is 5.13 Å². The predicted molar refractivity (Wildman–Crippen MR) is 84.0 cm³/mol. The maximum Gasteiger partial charge on any atom is 0.281 e. The molecule has 0 atom stereocenters. The van der Waals surface area contributed by atoms with Crippen LogP contribution in [0.2, 0.25) is 0 Å². The maximum atomic E-state index is 12.0. The van der Waals surface area contributed by atoms with Crippen molar-refractivity contribution in [1.29, 1.82) is 0 Å². The lowest BCUT2D eigenvalue weighted by Crippen LogP contribution is -2.35. The first-order valence-electron chi connectivity index (χ1n) is 6.11. The quantitative estimate of drug-likeness (QED) is 0.571. The van der Waals surface area contributed by atoms with Crippen LogP contribution in [0.25, 0.3) is 5.70 Å². The van der Waals surface area contributed by atoms with Crippen molar-refractivity contribution >= 4 is 33.8 Å². The van der Waals surface area contributed by atoms with Gasteiger partial charge in [0.05, 0.1) is 16.3 Å². The minimum Gasteiger partial charge on any atom is -0.375 e. The summed E-state index contributed by atoms with van der Waals surface area (Å²) < 4.78 is 0. The van der Waals surface area contributed by atoms with E-state index in [-0.39, 0.29) is 11.6 Å². The van der Waals surface area contributed by atoms with Crippen molar-refractivity contribution in [2.75, 3.05) is 5.73 Å². The number of amides is 1. The summed E-state index contributed by atoms with van der Waals surface area (Å²) in [5.74, 6) is -0.380. The normalized spacial score (nSPS) is 10.0. The van der Waals surface area contributed by atoms with E-state index in [2.05, 4.69) is 22.4 Å². The molecule has 0 aliphatic carbocycles. The summed E-state index contributed by atoms with van der Waals surface area (Å²) in [5, 5.41) is 10.9. The van der Waals surface area contributed by atoms with E-state index in [9.17, 15) is 14.9 Å². The molecule has 1 aromatic heterocycles. The van der Waals surface area contributed by atoms with E-state index in [0.29, 0.717) is 27.0 Å². The lowest BCUT2D eigenvalue weighted by molar-refractivity contribution is -0.384. The van der Waals surface area contributed by atoms with Crippen molar-refractivity contribution in [3.8, 4) is 0 Å². The largest absolute Gasteiger partial charge is 0.375 e. The third kappa shape index (κ3) is 3.38. The smallest absolute Gasteiger partial charge is 0.281 e. The topological polar surface area (TPSA) is 123 Å². The Labute approximate surface area is 129 Å². The Morgan fingerprint density at radius 2 is 2.00 bits per heavy atom. The average molecular weight is 319 g/mol. The Balaban J connectivity index is 1.99. The van der Waals surface area contributed by atoms with Crippen molar-refractivity contribution in [2.45, 2.75) is 6.92 Å². The Kier molecular flexibility index (Phi) is 4.37. The molecule has 0 spiro atoms. The molecule has 2 rings (SSSR count). The maximum absolute atomic E-state index is 12.0. The number of anilines is 1. The second-order valence-electron chi connectivity index (χ2n) is 4.33. The minimum atomic E-state index is -0.487. The SMILES string of the molecule is C=C(NNC(=O)c1sc(N)nc1C)c1ccc([N+](=O)[O-])cc1. The fraction of sp³-hybridized carbons (Fsp3) is 0.0769. The number of benzene rings is 1. The number of aryl methyl sites for hydroxylation is 1. The highest BCUT2D eigenvalue weighted by atomic mass is 32.1. The number of hydrogen-bond donors (Lipinski definition) is 3. The van der Waals surface area contributed by atoms with Gasteiger partial charge in [0.1, 0.15) is 4.88 Å². The zero-order valence-electron chi connectivity index (χ0n) is 11.6. The van der Waals surface area contributed by atoms with Crippen LogP contribution in [-0.4, -0.2) is 15.8 Å². The van der Waals surface area contributed by atoms with Gasteiger partial charge in [-0.25, -0.2) is 4.98 Å². The third-order valence-corrected chi connectivity index (χ3v) is 3.76. The molecule has 0 saturated carbocycles. The van der Waals surface area contributed by atoms with E-state index in [4.69, 9.17) is 5.73 Å². The molecule has 1 heterocycles. The molecular weight excluding hydrogens is 306 g/mol. The molecular formula is C13H13N5O3S. The van der Waals surface area contributed by atoms with Crippen molar-refractivity contribution in [1.82, 2.24) is 15.8 Å². The van der Waals surface area contributed by atoms with E-state index >= 15 is 0 Å². The molecule has 1 aromatic carbocycles. The molecule has 0 bridgehead atoms. The zero-order valence-corrected chi connectivity index (χ0v) is 12.4. The van der Waals surface area contributed by atoms with Gasteiger partial charge < -0.3 is 5.73 Å². The summed E-state index contributed by atoms with van der Waals surface area (Å²) in [5.41, 5.74) is 12.2. The first kappa shape index (κ1) is 15.4. The Morgan fingerprint density at radius 3 is 2.50 bits per heavy atom. The van der Waals surface area contributed by atoms with E-state index in [0.717, 1.165) is 11.3 Å². The fourth-order valence-electron chi connectivity index (χ4n) is 1.67. The average Bonchev–Trinajstić information content (AvgIpc) is 2.83. The number of rotatable bonds is 5. The van der Waals surface area contributed by atoms with Gasteiger partial charge in [-0.05, 0) is 24.6 Å². The zero-order chi connectivity index (χ0) is 16.3. The van der Waals surface area contributed by atoms with Crippen LogP contribution >= 0.6 is 11.3 Å². The number of carbonyl (C=O) groups is 1. The highest BCUT2D eigenvalue weighted by molar-refractivity contribution is 7.17. The van der Waals surface area contributed by atoms with Crippen LogP contribution in [0.15, 0.2) is 30.8 Å². The van der Waals surface area contributed by atoms with Crippen LogP contribution < -0.4 is 16.6 Å². The lowest BCUT2D eigenvalue weighted by Gasteiger charge is -2.10. The molecule has 1 amide bonds. The molecule has 0 aliphatic heterocycles. The van der Waals surface area contributed by atoms with Gasteiger partial charge in [-0.2, -0.15) is 0 Å². The number of nitrogen functional groups attached to an aromatic ring is 1. The first-order valence-corrected chi connectivity index (χ1v) is 6.93. The molecule has 0 radical (unpaired) electrons. The highest BCUT2D eigenvalue weighted by Crippen LogP contribution is 2.19. The second kappa shape index (κ2) is 6.22. The number of carbonyl (C=O) groups excluding carboxylic acids is 1. The van der Waals surface area contributed by atoms with Crippen molar-refractivity contribution < 1.29 is 9.72 Å². The molecule has 8 nitrogen and oxygen atoms in total. The van der Waals surface area contributed by atoms with Crippen LogP contribution in [0.5, 0.6) is 0 Å². The standard InChI is InChI=1S/C13H13N5O3S/c1-7(9-3-5-10(6-4-9)18(20)21)16-17-12(19)11-8(2)15-13(14)22-11/h3-6,16H,1H2,2H3,(H2,14,15)(H,17,19). The number of non-ortho nitro benzene ring substituents is 1. The summed E-state index contributed by atoms with van der Waals surface area (Å²) in [4.78, 5) is 26.4. The van der Waals surface area contributed by atoms with Crippen molar-refractivity contribution in [3.63, 3.8) is 0 Å². The summed E-state index contributed by atoms with van der Waals surface area (Å²) in [6.07, 6.45) is 0. The number of hydrazine groups is 1. The monoisotopic (exact) mass is 319 g/mol. The summed E-state index contributed by atoms with van der Waals surface area (Å²) in [6.45, 7) is 5.45. The third-order valence-electron chi connectivity index (χ3n) is 2.77. The Hall–Kier alpha value is -2.94. The van der Waals surface area contributed by atoms with E-state index in [1.54, 1.807) is 6.92 Å². The van der Waals surface area contributed by atoms with E-state index in [1.807, 2.05) is 0 Å². The van der Waals surface area contributed by atoms with Crippen molar-refractivity contribution in [3.05, 3.63) is 57.1 Å². The first-order chi connectivity index (χ1) is 10.4. The summed E-state index contributed by atoms with van der Waals surface area (Å²) >= 11 is 1.09. The number of aromatic nitrogens is 1. The van der Waals surface area contributed by atoms with Crippen LogP contribution in [0, 0.1) is 17.0 Å². The molecule has 0 unspecified atom stereocenters. The molecule has 4 N–H and O–H groups in total. The second-order valence-corrected chi connectivity index (χ2v) is 5.36. The molecule has 2 aromatic rings. The van der Waals surface area contributed by atoms with Crippen LogP contribution in [0.1, 0.15) is 20.9 Å². The molecule has 114 valence electrons. The van der Waals surface area contributed by atoms with Gasteiger partial charge in [0, 0.05) is 12.1 Å². The number of nitrogens with one attached hydrogen (secondary N) is 2. The number of nitro benzene ring substituents is 1. The fourth-order valence-corrected chi connectivity index (χ4v) is 2.40. The minimum absolute atomic E-state index is 0.0173. The van der Waals surface area contributed by atoms with Crippen LogP contribution in [-0.2, 0) is 0 Å². The van der Waals surface area contributed by atoms with Gasteiger partial charge in [0.25, 0.3) is 11.6 Å². The van der Waals surface area contributed by atoms with Gasteiger partial charge in [-0.3, -0.25) is 25.8 Å². The van der Waals surface area contributed by atoms with Gasteiger partial charge in [0.2, 0.25) is 0 Å². The Morgan fingerprint density at radius 1 is 1.36 bits per heavy atom. The predicted octanol–water partition coefficient (Wildman–Crippen LogP) is 1.85. The molecule has 22 heavy (non-hydrogen) atoms. The van der Waals surface area contributed by atoms with E-state index < -0.39 is 4.92 Å². The van der Waals surface area contributed by atoms with Gasteiger partial charge >= 0.3 is 0 Å². The molecule has 9 heteroatoms. The highest BCUT2D eigenvalue weighted by Gasteiger charge is 2.14. The van der Waals surface area contributed by atoms with Crippen molar-refractivity contribution in [2.24, 2.45) is 0 Å². The van der Waals surface area contributed by atoms with Gasteiger partial charge in [-0.15, -0.1) is 0 Å². The van der Waals surface area contributed by atoms with Gasteiger partial charge in [-0.1, -0.05) is 17.9 Å². The number of nitrogens with zero attached hydrogens (tertiary/aromatic N) is 2. The molecule has 0 saturated heterocycles. The lowest BCUT2D eigenvalue weighted by atomic mass is 10.1. The molecule has 0 aliphatic rings. The van der Waals surface area contributed by atoms with E-state index in [1.165, 1.54) is 24.3 Å². The Bertz CT molecular complexity index is 739. The molecule has 0 fully saturated rings.